The van der Waals surface area contributed by atoms with Crippen LogP contribution in [0.3, 0.4) is 0 Å². The summed E-state index contributed by atoms with van der Waals surface area (Å²) >= 11 is 5.77. The number of rotatable bonds is 3. The number of methoxy groups -OCH3 is 1. The summed E-state index contributed by atoms with van der Waals surface area (Å²) in [5, 5.41) is 3.25. The van der Waals surface area contributed by atoms with Crippen molar-refractivity contribution in [1.82, 2.24) is 9.97 Å². The third-order valence-electron chi connectivity index (χ3n) is 2.29. The summed E-state index contributed by atoms with van der Waals surface area (Å²) in [7, 11) is 1.33. The number of hydrogen-bond donors (Lipinski definition) is 2. The van der Waals surface area contributed by atoms with Gasteiger partial charge in [-0.05, 0) is 24.3 Å². The number of anilines is 3. The van der Waals surface area contributed by atoms with E-state index in [9.17, 15) is 4.79 Å². The third kappa shape index (κ3) is 3.32. The van der Waals surface area contributed by atoms with Gasteiger partial charge < -0.3 is 15.8 Å². The van der Waals surface area contributed by atoms with Crippen molar-refractivity contribution in [2.45, 2.75) is 0 Å². The Labute approximate surface area is 114 Å². The first-order valence-corrected chi connectivity index (χ1v) is 5.72. The summed E-state index contributed by atoms with van der Waals surface area (Å²) in [6.45, 7) is 0. The topological polar surface area (TPSA) is 90.1 Å². The molecule has 0 radical (unpaired) electrons. The number of nitrogens with two attached hydrogens (primary N) is 1. The number of nitrogen functional groups attached to an aromatic ring is 1. The number of nitrogens with one attached hydrogen (secondary N) is 1. The zero-order valence-electron chi connectivity index (χ0n) is 10.1. The highest BCUT2D eigenvalue weighted by Crippen LogP contribution is 2.18. The molecule has 0 atom stereocenters. The molecule has 0 aliphatic heterocycles. The Bertz CT molecular complexity index is 581. The molecule has 0 amide bonds. The van der Waals surface area contributed by atoms with Gasteiger partial charge >= 0.3 is 5.97 Å². The summed E-state index contributed by atoms with van der Waals surface area (Å²) in [6.07, 6.45) is 0. The molecular formula is C12H11ClN4O2. The maximum Gasteiger partial charge on any atom is 0.337 e. The van der Waals surface area contributed by atoms with Gasteiger partial charge in [0.05, 0.1) is 12.7 Å². The maximum atomic E-state index is 11.3. The molecule has 1 aromatic carbocycles. The van der Waals surface area contributed by atoms with Crippen molar-refractivity contribution in [3.8, 4) is 0 Å². The molecule has 0 spiro atoms. The zero-order valence-corrected chi connectivity index (χ0v) is 10.8. The van der Waals surface area contributed by atoms with Crippen molar-refractivity contribution < 1.29 is 9.53 Å². The van der Waals surface area contributed by atoms with Gasteiger partial charge in [-0.3, -0.25) is 0 Å². The standard InChI is InChI=1S/C12H11ClN4O2/c1-19-11(18)7-2-4-8(5-3-7)15-10-6-9(13)16-12(14)17-10/h2-6H,1H3,(H3,14,15,16,17). The first-order valence-electron chi connectivity index (χ1n) is 5.34. The first kappa shape index (κ1) is 13.1. The molecule has 7 heteroatoms. The van der Waals surface area contributed by atoms with Crippen LogP contribution in [0.1, 0.15) is 10.4 Å². The molecule has 0 saturated heterocycles. The van der Waals surface area contributed by atoms with Gasteiger partial charge in [0.2, 0.25) is 5.95 Å². The lowest BCUT2D eigenvalue weighted by Crippen LogP contribution is -2.02. The average Bonchev–Trinajstić information content (AvgIpc) is 2.37. The maximum absolute atomic E-state index is 11.3. The van der Waals surface area contributed by atoms with E-state index in [4.69, 9.17) is 17.3 Å². The van der Waals surface area contributed by atoms with Crippen LogP contribution in [0.5, 0.6) is 0 Å². The normalized spacial score (nSPS) is 10.0. The van der Waals surface area contributed by atoms with E-state index in [2.05, 4.69) is 20.0 Å². The molecule has 98 valence electrons. The molecular weight excluding hydrogens is 268 g/mol. The summed E-state index contributed by atoms with van der Waals surface area (Å²) in [5.74, 6) is 0.172. The molecule has 3 N–H and O–H groups in total. The molecule has 0 unspecified atom stereocenters. The van der Waals surface area contributed by atoms with Gasteiger partial charge in [0.25, 0.3) is 0 Å². The number of aromatic nitrogens is 2. The average molecular weight is 279 g/mol. The van der Waals surface area contributed by atoms with Crippen molar-refractivity contribution in [3.05, 3.63) is 41.0 Å². The number of nitrogens with zero attached hydrogens (tertiary/aromatic N) is 2. The molecule has 0 aliphatic carbocycles. The van der Waals surface area contributed by atoms with Crippen molar-refractivity contribution in [1.29, 1.82) is 0 Å². The quantitative estimate of drug-likeness (QED) is 0.661. The smallest absolute Gasteiger partial charge is 0.337 e. The van der Waals surface area contributed by atoms with Crippen LogP contribution in [0.15, 0.2) is 30.3 Å². The second kappa shape index (κ2) is 5.53. The lowest BCUT2D eigenvalue weighted by atomic mass is 10.2. The highest BCUT2D eigenvalue weighted by atomic mass is 35.5. The summed E-state index contributed by atoms with van der Waals surface area (Å²) in [5.41, 5.74) is 6.69. The monoisotopic (exact) mass is 278 g/mol. The van der Waals surface area contributed by atoms with E-state index in [1.807, 2.05) is 0 Å². The van der Waals surface area contributed by atoms with Gasteiger partial charge in [0, 0.05) is 11.8 Å². The Hall–Kier alpha value is -2.34. The van der Waals surface area contributed by atoms with Crippen molar-refractivity contribution in [3.63, 3.8) is 0 Å². The minimum atomic E-state index is -0.388. The van der Waals surface area contributed by atoms with E-state index in [0.717, 1.165) is 5.69 Å². The fourth-order valence-corrected chi connectivity index (χ4v) is 1.64. The van der Waals surface area contributed by atoms with Gasteiger partial charge in [-0.2, -0.15) is 4.98 Å². The zero-order chi connectivity index (χ0) is 13.8. The predicted octanol–water partition coefficient (Wildman–Crippen LogP) is 2.24. The van der Waals surface area contributed by atoms with Crippen LogP contribution < -0.4 is 11.1 Å². The van der Waals surface area contributed by atoms with E-state index >= 15 is 0 Å². The minimum Gasteiger partial charge on any atom is -0.465 e. The molecule has 6 nitrogen and oxygen atoms in total. The van der Waals surface area contributed by atoms with Gasteiger partial charge in [-0.15, -0.1) is 0 Å². The SMILES string of the molecule is COC(=O)c1ccc(Nc2cc(Cl)nc(N)n2)cc1. The van der Waals surface area contributed by atoms with Crippen LogP contribution in [0, 0.1) is 0 Å². The fourth-order valence-electron chi connectivity index (χ4n) is 1.45. The number of ether oxygens (including phenoxy) is 1. The molecule has 0 bridgehead atoms. The van der Waals surface area contributed by atoms with Crippen molar-refractivity contribution in [2.75, 3.05) is 18.2 Å². The van der Waals surface area contributed by atoms with Gasteiger partial charge in [0.15, 0.2) is 0 Å². The molecule has 2 rings (SSSR count). The highest BCUT2D eigenvalue weighted by Gasteiger charge is 2.05. The summed E-state index contributed by atoms with van der Waals surface area (Å²) < 4.78 is 4.61. The van der Waals surface area contributed by atoms with Crippen LogP contribution in [0.2, 0.25) is 5.15 Å². The second-order valence-electron chi connectivity index (χ2n) is 3.63. The largest absolute Gasteiger partial charge is 0.465 e. The Balaban J connectivity index is 2.17. The lowest BCUT2D eigenvalue weighted by Gasteiger charge is -2.07. The number of esters is 1. The van der Waals surface area contributed by atoms with Gasteiger partial charge in [-0.25, -0.2) is 9.78 Å². The molecule has 1 heterocycles. The molecule has 0 saturated carbocycles. The summed E-state index contributed by atoms with van der Waals surface area (Å²) in [4.78, 5) is 19.0. The van der Waals surface area contributed by atoms with E-state index in [-0.39, 0.29) is 17.1 Å². The van der Waals surface area contributed by atoms with Crippen LogP contribution in [0.4, 0.5) is 17.5 Å². The predicted molar refractivity (Wildman–Crippen MR) is 72.5 cm³/mol. The van der Waals surface area contributed by atoms with Gasteiger partial charge in [0.1, 0.15) is 11.0 Å². The Morgan fingerprint density at radius 2 is 2.00 bits per heavy atom. The minimum absolute atomic E-state index is 0.0844. The fraction of sp³-hybridized carbons (Fsp3) is 0.0833. The Morgan fingerprint density at radius 3 is 2.58 bits per heavy atom. The van der Waals surface area contributed by atoms with Crippen molar-refractivity contribution >= 4 is 35.0 Å². The molecule has 1 aromatic heterocycles. The third-order valence-corrected chi connectivity index (χ3v) is 2.48. The lowest BCUT2D eigenvalue weighted by molar-refractivity contribution is 0.0601. The highest BCUT2D eigenvalue weighted by molar-refractivity contribution is 6.29. The van der Waals surface area contributed by atoms with Crippen LogP contribution in [-0.2, 0) is 4.74 Å². The van der Waals surface area contributed by atoms with E-state index in [1.54, 1.807) is 30.3 Å². The Kier molecular flexibility index (Phi) is 3.82. The molecule has 2 aromatic rings. The van der Waals surface area contributed by atoms with E-state index in [0.29, 0.717) is 11.4 Å². The van der Waals surface area contributed by atoms with E-state index < -0.39 is 0 Å². The Morgan fingerprint density at radius 1 is 1.32 bits per heavy atom. The van der Waals surface area contributed by atoms with E-state index in [1.165, 1.54) is 7.11 Å². The first-order chi connectivity index (χ1) is 9.08. The number of carbonyl (C=O) groups is 1. The van der Waals surface area contributed by atoms with Crippen LogP contribution in [0.25, 0.3) is 0 Å². The van der Waals surface area contributed by atoms with Crippen LogP contribution in [-0.4, -0.2) is 23.0 Å². The number of halogens is 1. The van der Waals surface area contributed by atoms with Crippen LogP contribution >= 0.6 is 11.6 Å². The number of carbonyl (C=O) groups excluding carboxylic acids is 1. The second-order valence-corrected chi connectivity index (χ2v) is 4.02. The number of benzene rings is 1. The molecule has 19 heavy (non-hydrogen) atoms. The summed E-state index contributed by atoms with van der Waals surface area (Å²) in [6, 6.07) is 8.27. The molecule has 0 fully saturated rings. The molecule has 0 aliphatic rings. The van der Waals surface area contributed by atoms with Gasteiger partial charge in [-0.1, -0.05) is 11.6 Å². The number of hydrogen-bond acceptors (Lipinski definition) is 6. The van der Waals surface area contributed by atoms with Crippen molar-refractivity contribution in [2.24, 2.45) is 0 Å².